The third kappa shape index (κ3) is 5.67. The highest BCUT2D eigenvalue weighted by molar-refractivity contribution is 6.76. The van der Waals surface area contributed by atoms with E-state index in [1.54, 1.807) is 18.3 Å². The minimum absolute atomic E-state index is 0.000649. The van der Waals surface area contributed by atoms with E-state index in [1.807, 2.05) is 6.92 Å². The molecule has 1 saturated carbocycles. The quantitative estimate of drug-likeness (QED) is 0.287. The molecule has 184 valence electrons. The summed E-state index contributed by atoms with van der Waals surface area (Å²) in [6.45, 7) is 6.54. The van der Waals surface area contributed by atoms with Crippen LogP contribution in [0.15, 0.2) is 29.2 Å². The number of H-pyrrole nitrogens is 1. The fourth-order valence-electron chi connectivity index (χ4n) is 3.75. The van der Waals surface area contributed by atoms with E-state index in [9.17, 15) is 13.6 Å². The van der Waals surface area contributed by atoms with Crippen LogP contribution >= 0.6 is 0 Å². The van der Waals surface area contributed by atoms with E-state index in [1.165, 1.54) is 10.7 Å². The second-order valence-electron chi connectivity index (χ2n) is 9.78. The van der Waals surface area contributed by atoms with Crippen molar-refractivity contribution < 1.29 is 23.0 Å². The summed E-state index contributed by atoms with van der Waals surface area (Å²) in [6.07, 6.45) is 4.00. The number of nitrogens with zero attached hydrogens (tertiary/aromatic N) is 2. The zero-order valence-electron chi connectivity index (χ0n) is 20.0. The van der Waals surface area contributed by atoms with Crippen LogP contribution in [0.3, 0.4) is 0 Å². The number of hydrogen-bond acceptors (Lipinski definition) is 5. The first-order chi connectivity index (χ1) is 16.2. The van der Waals surface area contributed by atoms with Gasteiger partial charge in [0.25, 0.3) is 5.56 Å². The maximum atomic E-state index is 13.2. The number of aryl methyl sites for hydroxylation is 1. The number of rotatable bonds is 11. The molecule has 7 nitrogen and oxygen atoms in total. The van der Waals surface area contributed by atoms with E-state index >= 15 is 0 Å². The Bertz CT molecular complexity index is 1220. The van der Waals surface area contributed by atoms with Crippen molar-refractivity contribution in [1.29, 1.82) is 0 Å². The minimum atomic E-state index is -2.94. The predicted octanol–water partition coefficient (Wildman–Crippen LogP) is 5.41. The van der Waals surface area contributed by atoms with Gasteiger partial charge in [-0.05, 0) is 49.1 Å². The first kappa shape index (κ1) is 24.4. The number of ether oxygens (including phenoxy) is 3. The van der Waals surface area contributed by atoms with Crippen molar-refractivity contribution in [3.63, 3.8) is 0 Å². The van der Waals surface area contributed by atoms with Crippen molar-refractivity contribution in [3.8, 4) is 22.8 Å². The Kier molecular flexibility index (Phi) is 7.08. The standard InChI is InChI=1S/C24H31F2N3O4Si/c1-5-17-21-18(13-27-29(23(21)30)14-31-10-11-34(2,3)4)28-22(17)15-6-9-19(33-24(25)26)20(12-15)32-16-7-8-16/h6,9,12-13,16,24,28H,5,7-8,10-11,14H2,1-4H3. The lowest BCUT2D eigenvalue weighted by Crippen LogP contribution is -2.26. The topological polar surface area (TPSA) is 78.4 Å². The van der Waals surface area contributed by atoms with E-state index < -0.39 is 14.7 Å². The summed E-state index contributed by atoms with van der Waals surface area (Å²) in [5.74, 6) is 0.270. The molecule has 0 saturated heterocycles. The molecule has 0 radical (unpaired) electrons. The fraction of sp³-hybridized carbons (Fsp3) is 0.500. The van der Waals surface area contributed by atoms with E-state index in [2.05, 4.69) is 34.5 Å². The van der Waals surface area contributed by atoms with Gasteiger partial charge >= 0.3 is 6.61 Å². The zero-order chi connectivity index (χ0) is 24.5. The normalized spacial score (nSPS) is 14.2. The van der Waals surface area contributed by atoms with Gasteiger partial charge in [-0.3, -0.25) is 4.79 Å². The molecule has 0 atom stereocenters. The van der Waals surface area contributed by atoms with Crippen molar-refractivity contribution in [1.82, 2.24) is 14.8 Å². The van der Waals surface area contributed by atoms with Gasteiger partial charge in [0.05, 0.1) is 28.9 Å². The Hall–Kier alpha value is -2.72. The van der Waals surface area contributed by atoms with Gasteiger partial charge in [-0.25, -0.2) is 4.68 Å². The third-order valence-corrected chi connectivity index (χ3v) is 7.44. The smallest absolute Gasteiger partial charge is 0.387 e. The molecule has 2 heterocycles. The third-order valence-electron chi connectivity index (χ3n) is 5.74. The molecule has 1 N–H and O–H groups in total. The number of hydrogen-bond donors (Lipinski definition) is 1. The molecule has 0 bridgehead atoms. The lowest BCUT2D eigenvalue weighted by Gasteiger charge is -2.15. The Morgan fingerprint density at radius 1 is 1.24 bits per heavy atom. The highest BCUT2D eigenvalue weighted by Crippen LogP contribution is 2.39. The number of aromatic amines is 1. The molecule has 34 heavy (non-hydrogen) atoms. The van der Waals surface area contributed by atoms with Crippen LogP contribution in [0.25, 0.3) is 22.2 Å². The summed E-state index contributed by atoms with van der Waals surface area (Å²) in [6, 6.07) is 5.86. The molecule has 1 aliphatic carbocycles. The summed E-state index contributed by atoms with van der Waals surface area (Å²) in [7, 11) is -1.22. The van der Waals surface area contributed by atoms with Gasteiger partial charge in [-0.2, -0.15) is 13.9 Å². The van der Waals surface area contributed by atoms with Gasteiger partial charge in [0.15, 0.2) is 11.5 Å². The molecule has 0 spiro atoms. The SMILES string of the molecule is CCc1c(-c2ccc(OC(F)F)c(OC3CC3)c2)[nH]c2cnn(COCC[Si](C)(C)C)c(=O)c12. The first-order valence-electron chi connectivity index (χ1n) is 11.6. The summed E-state index contributed by atoms with van der Waals surface area (Å²) in [4.78, 5) is 16.5. The van der Waals surface area contributed by atoms with E-state index in [4.69, 9.17) is 9.47 Å². The average Bonchev–Trinajstić information content (AvgIpc) is 3.49. The molecule has 2 aromatic heterocycles. The number of fused-ring (bicyclic) bond motifs is 1. The maximum Gasteiger partial charge on any atom is 0.387 e. The fourth-order valence-corrected chi connectivity index (χ4v) is 4.50. The Labute approximate surface area is 198 Å². The van der Waals surface area contributed by atoms with Crippen molar-refractivity contribution in [2.24, 2.45) is 0 Å². The molecule has 0 aliphatic heterocycles. The number of nitrogens with one attached hydrogen (secondary N) is 1. The van der Waals surface area contributed by atoms with Crippen molar-refractivity contribution >= 4 is 19.0 Å². The molecule has 10 heteroatoms. The zero-order valence-corrected chi connectivity index (χ0v) is 21.0. The summed E-state index contributed by atoms with van der Waals surface area (Å²) >= 11 is 0. The monoisotopic (exact) mass is 491 g/mol. The molecule has 0 amide bonds. The van der Waals surface area contributed by atoms with Gasteiger partial charge in [-0.1, -0.05) is 26.6 Å². The molecule has 3 aromatic rings. The van der Waals surface area contributed by atoms with Crippen LogP contribution in [-0.4, -0.2) is 42.2 Å². The number of aromatic nitrogens is 3. The number of benzene rings is 1. The number of alkyl halides is 2. The van der Waals surface area contributed by atoms with Crippen LogP contribution in [-0.2, 0) is 17.9 Å². The summed E-state index contributed by atoms with van der Waals surface area (Å²) < 4.78 is 43.2. The average molecular weight is 492 g/mol. The van der Waals surface area contributed by atoms with Crippen molar-refractivity contribution in [3.05, 3.63) is 40.3 Å². The van der Waals surface area contributed by atoms with Crippen molar-refractivity contribution in [2.75, 3.05) is 6.61 Å². The second kappa shape index (κ2) is 9.87. The Morgan fingerprint density at radius 3 is 2.65 bits per heavy atom. The van der Waals surface area contributed by atoms with Gasteiger partial charge in [0.1, 0.15) is 6.73 Å². The van der Waals surface area contributed by atoms with Gasteiger partial charge in [0.2, 0.25) is 0 Å². The Balaban J connectivity index is 1.66. The first-order valence-corrected chi connectivity index (χ1v) is 15.3. The van der Waals surface area contributed by atoms with Crippen molar-refractivity contribution in [2.45, 2.75) is 71.3 Å². The molecular weight excluding hydrogens is 460 g/mol. The predicted molar refractivity (Wildman–Crippen MR) is 130 cm³/mol. The highest BCUT2D eigenvalue weighted by atomic mass is 28.3. The number of halogens is 2. The van der Waals surface area contributed by atoms with Crippen LogP contribution < -0.4 is 15.0 Å². The summed E-state index contributed by atoms with van der Waals surface area (Å²) in [5, 5.41) is 4.82. The summed E-state index contributed by atoms with van der Waals surface area (Å²) in [5.41, 5.74) is 2.68. The van der Waals surface area contributed by atoms with Crippen LogP contribution in [0.2, 0.25) is 25.7 Å². The van der Waals surface area contributed by atoms with Crippen LogP contribution in [0, 0.1) is 0 Å². The molecule has 1 aliphatic rings. The highest BCUT2D eigenvalue weighted by Gasteiger charge is 2.26. The molecular formula is C24H31F2N3O4Si. The van der Waals surface area contributed by atoms with Gasteiger partial charge in [-0.15, -0.1) is 0 Å². The van der Waals surface area contributed by atoms with Crippen LogP contribution in [0.4, 0.5) is 8.78 Å². The second-order valence-corrected chi connectivity index (χ2v) is 15.4. The molecule has 0 unspecified atom stereocenters. The lowest BCUT2D eigenvalue weighted by atomic mass is 10.0. The lowest BCUT2D eigenvalue weighted by molar-refractivity contribution is -0.0516. The molecule has 1 aromatic carbocycles. The van der Waals surface area contributed by atoms with E-state index in [0.29, 0.717) is 23.9 Å². The van der Waals surface area contributed by atoms with Gasteiger partial charge < -0.3 is 19.2 Å². The van der Waals surface area contributed by atoms with Crippen LogP contribution in [0.5, 0.6) is 11.5 Å². The molecule has 1 fully saturated rings. The Morgan fingerprint density at radius 2 is 2.00 bits per heavy atom. The largest absolute Gasteiger partial charge is 0.487 e. The minimum Gasteiger partial charge on any atom is -0.487 e. The molecule has 4 rings (SSSR count). The van der Waals surface area contributed by atoms with E-state index in [-0.39, 0.29) is 29.9 Å². The van der Waals surface area contributed by atoms with Crippen LogP contribution in [0.1, 0.15) is 25.3 Å². The maximum absolute atomic E-state index is 13.2. The van der Waals surface area contributed by atoms with Gasteiger partial charge in [0, 0.05) is 20.2 Å². The van der Waals surface area contributed by atoms with E-state index in [0.717, 1.165) is 35.7 Å².